The molecule has 0 aliphatic heterocycles. The number of ether oxygens (including phenoxy) is 4. The first kappa shape index (κ1) is 17.4. The van der Waals surface area contributed by atoms with Crippen molar-refractivity contribution in [2.24, 2.45) is 0 Å². The molecular formula is C15H22O6. The van der Waals surface area contributed by atoms with Crippen LogP contribution >= 0.6 is 0 Å². The Morgan fingerprint density at radius 2 is 1.67 bits per heavy atom. The molecule has 21 heavy (non-hydrogen) atoms. The monoisotopic (exact) mass is 298 g/mol. The summed E-state index contributed by atoms with van der Waals surface area (Å²) >= 11 is 0. The van der Waals surface area contributed by atoms with Gasteiger partial charge in [0, 0.05) is 7.11 Å². The highest BCUT2D eigenvalue weighted by Crippen LogP contribution is 2.19. The predicted molar refractivity (Wildman–Crippen MR) is 77.1 cm³/mol. The van der Waals surface area contributed by atoms with Crippen molar-refractivity contribution in [3.05, 3.63) is 29.3 Å². The summed E-state index contributed by atoms with van der Waals surface area (Å²) in [6.07, 6.45) is 0. The molecule has 0 saturated heterocycles. The number of carboxylic acids is 1. The van der Waals surface area contributed by atoms with Crippen LogP contribution in [-0.4, -0.2) is 57.8 Å². The Bertz CT molecular complexity index is 432. The SMILES string of the molecule is COCCOCCOCCOc1ccc(C)cc1C(=O)O. The summed E-state index contributed by atoms with van der Waals surface area (Å²) in [5, 5.41) is 9.10. The summed E-state index contributed by atoms with van der Waals surface area (Å²) in [5.41, 5.74) is 1.04. The highest BCUT2D eigenvalue weighted by Gasteiger charge is 2.11. The topological polar surface area (TPSA) is 74.2 Å². The number of carbonyl (C=O) groups is 1. The van der Waals surface area contributed by atoms with E-state index in [1.165, 1.54) is 0 Å². The molecule has 0 aliphatic rings. The van der Waals surface area contributed by atoms with Crippen LogP contribution in [0.1, 0.15) is 15.9 Å². The summed E-state index contributed by atoms with van der Waals surface area (Å²) in [7, 11) is 1.62. The van der Waals surface area contributed by atoms with E-state index in [0.717, 1.165) is 5.56 Å². The minimum Gasteiger partial charge on any atom is -0.490 e. The lowest BCUT2D eigenvalue weighted by atomic mass is 10.1. The van der Waals surface area contributed by atoms with Gasteiger partial charge in [-0.05, 0) is 19.1 Å². The number of aryl methyl sites for hydroxylation is 1. The molecule has 0 unspecified atom stereocenters. The van der Waals surface area contributed by atoms with Crippen LogP contribution in [0, 0.1) is 6.92 Å². The summed E-state index contributed by atoms with van der Waals surface area (Å²) in [6, 6.07) is 5.06. The fraction of sp³-hybridized carbons (Fsp3) is 0.533. The average Bonchev–Trinajstić information content (AvgIpc) is 2.46. The molecule has 0 bridgehead atoms. The van der Waals surface area contributed by atoms with E-state index in [0.29, 0.717) is 45.4 Å². The number of hydrogen-bond donors (Lipinski definition) is 1. The highest BCUT2D eigenvalue weighted by molar-refractivity contribution is 5.91. The number of rotatable bonds is 11. The molecule has 0 saturated carbocycles. The zero-order valence-corrected chi connectivity index (χ0v) is 12.5. The van der Waals surface area contributed by atoms with Crippen molar-refractivity contribution < 1.29 is 28.8 Å². The first-order chi connectivity index (χ1) is 10.1. The van der Waals surface area contributed by atoms with Gasteiger partial charge in [-0.15, -0.1) is 0 Å². The highest BCUT2D eigenvalue weighted by atomic mass is 16.6. The fourth-order valence-corrected chi connectivity index (χ4v) is 1.61. The molecule has 0 spiro atoms. The maximum Gasteiger partial charge on any atom is 0.339 e. The Morgan fingerprint density at radius 3 is 2.29 bits per heavy atom. The van der Waals surface area contributed by atoms with E-state index in [1.54, 1.807) is 19.2 Å². The molecule has 1 N–H and O–H groups in total. The van der Waals surface area contributed by atoms with Crippen LogP contribution in [0.4, 0.5) is 0 Å². The van der Waals surface area contributed by atoms with Gasteiger partial charge in [-0.3, -0.25) is 0 Å². The normalized spacial score (nSPS) is 10.6. The molecule has 118 valence electrons. The average molecular weight is 298 g/mol. The number of hydrogen-bond acceptors (Lipinski definition) is 5. The van der Waals surface area contributed by atoms with Crippen LogP contribution in [0.25, 0.3) is 0 Å². The Balaban J connectivity index is 2.20. The standard InChI is InChI=1S/C15H22O6/c1-12-3-4-14(13(11-12)15(16)17)21-10-9-20-8-7-19-6-5-18-2/h3-4,11H,5-10H2,1-2H3,(H,16,17). The Labute approximate surface area is 124 Å². The molecule has 0 radical (unpaired) electrons. The van der Waals surface area contributed by atoms with Gasteiger partial charge in [-0.2, -0.15) is 0 Å². The maximum absolute atomic E-state index is 11.1. The molecule has 0 aromatic heterocycles. The molecule has 1 rings (SSSR count). The molecule has 0 aliphatic carbocycles. The van der Waals surface area contributed by atoms with Crippen molar-refractivity contribution in [2.45, 2.75) is 6.92 Å². The van der Waals surface area contributed by atoms with Crippen molar-refractivity contribution >= 4 is 5.97 Å². The van der Waals surface area contributed by atoms with Crippen molar-refractivity contribution in [2.75, 3.05) is 46.8 Å². The molecule has 0 amide bonds. The zero-order valence-electron chi connectivity index (χ0n) is 12.5. The Hall–Kier alpha value is -1.63. The third-order valence-electron chi connectivity index (χ3n) is 2.65. The zero-order chi connectivity index (χ0) is 15.5. The lowest BCUT2D eigenvalue weighted by Crippen LogP contribution is -2.13. The molecule has 1 aromatic carbocycles. The second kappa shape index (κ2) is 10.1. The first-order valence-electron chi connectivity index (χ1n) is 6.76. The lowest BCUT2D eigenvalue weighted by Gasteiger charge is -2.10. The Kier molecular flexibility index (Phi) is 8.42. The summed E-state index contributed by atoms with van der Waals surface area (Å²) in [5.74, 6) is -0.644. The summed E-state index contributed by atoms with van der Waals surface area (Å²) in [4.78, 5) is 11.1. The molecule has 6 nitrogen and oxygen atoms in total. The van der Waals surface area contributed by atoms with Crippen LogP contribution in [0.2, 0.25) is 0 Å². The van der Waals surface area contributed by atoms with E-state index in [2.05, 4.69) is 0 Å². The number of carboxylic acid groups (broad SMARTS) is 1. The molecule has 6 heteroatoms. The van der Waals surface area contributed by atoms with Crippen molar-refractivity contribution in [3.63, 3.8) is 0 Å². The maximum atomic E-state index is 11.1. The van der Waals surface area contributed by atoms with Gasteiger partial charge >= 0.3 is 5.97 Å². The minimum absolute atomic E-state index is 0.165. The lowest BCUT2D eigenvalue weighted by molar-refractivity contribution is 0.0178. The third-order valence-corrected chi connectivity index (χ3v) is 2.65. The van der Waals surface area contributed by atoms with E-state index in [1.807, 2.05) is 13.0 Å². The number of methoxy groups -OCH3 is 1. The molecule has 0 atom stereocenters. The quantitative estimate of drug-likeness (QED) is 0.627. The van der Waals surface area contributed by atoms with Crippen molar-refractivity contribution in [3.8, 4) is 5.75 Å². The second-order valence-electron chi connectivity index (χ2n) is 4.37. The van der Waals surface area contributed by atoms with Gasteiger partial charge in [0.05, 0.1) is 33.0 Å². The van der Waals surface area contributed by atoms with Crippen LogP contribution in [0.15, 0.2) is 18.2 Å². The minimum atomic E-state index is -0.999. The van der Waals surface area contributed by atoms with E-state index >= 15 is 0 Å². The summed E-state index contributed by atoms with van der Waals surface area (Å²) < 4.78 is 20.8. The van der Waals surface area contributed by atoms with Crippen LogP contribution in [0.5, 0.6) is 5.75 Å². The second-order valence-corrected chi connectivity index (χ2v) is 4.37. The van der Waals surface area contributed by atoms with E-state index in [-0.39, 0.29) is 5.56 Å². The number of aromatic carboxylic acids is 1. The smallest absolute Gasteiger partial charge is 0.339 e. The number of benzene rings is 1. The van der Waals surface area contributed by atoms with Crippen molar-refractivity contribution in [1.29, 1.82) is 0 Å². The predicted octanol–water partition coefficient (Wildman–Crippen LogP) is 1.75. The van der Waals surface area contributed by atoms with Crippen LogP contribution < -0.4 is 4.74 Å². The van der Waals surface area contributed by atoms with Gasteiger partial charge in [0.25, 0.3) is 0 Å². The Morgan fingerprint density at radius 1 is 1.05 bits per heavy atom. The van der Waals surface area contributed by atoms with Crippen LogP contribution in [-0.2, 0) is 14.2 Å². The summed E-state index contributed by atoms with van der Waals surface area (Å²) in [6.45, 7) is 4.57. The van der Waals surface area contributed by atoms with E-state index in [9.17, 15) is 4.79 Å². The van der Waals surface area contributed by atoms with Crippen LogP contribution in [0.3, 0.4) is 0 Å². The van der Waals surface area contributed by atoms with E-state index < -0.39 is 5.97 Å². The van der Waals surface area contributed by atoms with Gasteiger partial charge < -0.3 is 24.1 Å². The van der Waals surface area contributed by atoms with Gasteiger partial charge in [0.2, 0.25) is 0 Å². The third kappa shape index (κ3) is 7.08. The molecule has 0 heterocycles. The molecule has 0 fully saturated rings. The van der Waals surface area contributed by atoms with Gasteiger partial charge in [-0.1, -0.05) is 11.6 Å². The van der Waals surface area contributed by atoms with Gasteiger partial charge in [0.15, 0.2) is 0 Å². The largest absolute Gasteiger partial charge is 0.490 e. The molecular weight excluding hydrogens is 276 g/mol. The van der Waals surface area contributed by atoms with Crippen molar-refractivity contribution in [1.82, 2.24) is 0 Å². The fourth-order valence-electron chi connectivity index (χ4n) is 1.61. The van der Waals surface area contributed by atoms with Gasteiger partial charge in [0.1, 0.15) is 17.9 Å². The van der Waals surface area contributed by atoms with E-state index in [4.69, 9.17) is 24.1 Å². The van der Waals surface area contributed by atoms with Gasteiger partial charge in [-0.25, -0.2) is 4.79 Å². The molecule has 1 aromatic rings. The first-order valence-corrected chi connectivity index (χ1v) is 6.76.